The van der Waals surface area contributed by atoms with E-state index in [9.17, 15) is 9.59 Å². The molecule has 0 aromatic heterocycles. The van der Waals surface area contributed by atoms with E-state index >= 15 is 0 Å². The summed E-state index contributed by atoms with van der Waals surface area (Å²) in [6.07, 6.45) is 3.06. The second-order valence-corrected chi connectivity index (χ2v) is 5.28. The zero-order chi connectivity index (χ0) is 19.5. The maximum absolute atomic E-state index is 11.9. The number of amides is 2. The van der Waals surface area contributed by atoms with Crippen LogP contribution >= 0.6 is 0 Å². The molecule has 0 atom stereocenters. The second kappa shape index (κ2) is 10.4. The molecular weight excluding hydrogens is 346 g/mol. The van der Waals surface area contributed by atoms with Crippen LogP contribution < -0.4 is 20.2 Å². The van der Waals surface area contributed by atoms with E-state index in [0.29, 0.717) is 36.0 Å². The maximum Gasteiger partial charge on any atom is 0.329 e. The third kappa shape index (κ3) is 6.66. The number of hydrogen-bond donors (Lipinski definition) is 2. The Morgan fingerprint density at radius 3 is 2.56 bits per heavy atom. The Morgan fingerprint density at radius 2 is 1.85 bits per heavy atom. The standard InChI is InChI=1S/C20H21N3O4/c1-3-12-27-18-7-5-6-15(13-18)14-21-23-20(25)19(24)22-16-8-10-17(11-9-16)26-4-2/h3,5-11,13-14H,1,4,12H2,2H3,(H,22,24)(H,23,25)/b21-14+. The Labute approximate surface area is 157 Å². The summed E-state index contributed by atoms with van der Waals surface area (Å²) in [6, 6.07) is 13.8. The molecule has 0 spiro atoms. The van der Waals surface area contributed by atoms with E-state index in [1.807, 2.05) is 6.92 Å². The quantitative estimate of drug-likeness (QED) is 0.325. The number of benzene rings is 2. The van der Waals surface area contributed by atoms with Crippen LogP contribution in [0.2, 0.25) is 0 Å². The van der Waals surface area contributed by atoms with Gasteiger partial charge in [-0.1, -0.05) is 24.8 Å². The number of nitrogens with zero attached hydrogens (tertiary/aromatic N) is 1. The molecule has 0 aliphatic rings. The first-order valence-corrected chi connectivity index (χ1v) is 8.33. The van der Waals surface area contributed by atoms with Crippen LogP contribution in [-0.2, 0) is 9.59 Å². The molecule has 0 radical (unpaired) electrons. The highest BCUT2D eigenvalue weighted by Gasteiger charge is 2.12. The van der Waals surface area contributed by atoms with Crippen molar-refractivity contribution in [2.24, 2.45) is 5.10 Å². The van der Waals surface area contributed by atoms with Crippen LogP contribution in [0.1, 0.15) is 12.5 Å². The zero-order valence-corrected chi connectivity index (χ0v) is 15.0. The van der Waals surface area contributed by atoms with E-state index in [1.54, 1.807) is 54.6 Å². The van der Waals surface area contributed by atoms with Gasteiger partial charge in [-0.25, -0.2) is 5.43 Å². The molecular formula is C20H21N3O4. The van der Waals surface area contributed by atoms with E-state index < -0.39 is 11.8 Å². The molecule has 0 saturated heterocycles. The highest BCUT2D eigenvalue weighted by molar-refractivity contribution is 6.39. The van der Waals surface area contributed by atoms with Gasteiger partial charge in [-0.2, -0.15) is 5.10 Å². The molecule has 140 valence electrons. The van der Waals surface area contributed by atoms with Gasteiger partial charge in [0.05, 0.1) is 12.8 Å². The average molecular weight is 367 g/mol. The smallest absolute Gasteiger partial charge is 0.329 e. The molecule has 0 saturated carbocycles. The average Bonchev–Trinajstić information content (AvgIpc) is 2.68. The van der Waals surface area contributed by atoms with Crippen LogP contribution in [0.25, 0.3) is 0 Å². The van der Waals surface area contributed by atoms with Crippen LogP contribution in [0.5, 0.6) is 11.5 Å². The van der Waals surface area contributed by atoms with Crippen molar-refractivity contribution in [3.63, 3.8) is 0 Å². The summed E-state index contributed by atoms with van der Waals surface area (Å²) >= 11 is 0. The monoisotopic (exact) mass is 367 g/mol. The lowest BCUT2D eigenvalue weighted by atomic mass is 10.2. The third-order valence-electron chi connectivity index (χ3n) is 3.24. The molecule has 2 aromatic carbocycles. The second-order valence-electron chi connectivity index (χ2n) is 5.28. The number of carbonyl (C=O) groups excluding carboxylic acids is 2. The minimum atomic E-state index is -0.876. The van der Waals surface area contributed by atoms with Crippen molar-refractivity contribution in [3.8, 4) is 11.5 Å². The Balaban J connectivity index is 1.86. The van der Waals surface area contributed by atoms with E-state index in [1.165, 1.54) is 6.21 Å². The lowest BCUT2D eigenvalue weighted by Gasteiger charge is -2.06. The van der Waals surface area contributed by atoms with Crippen molar-refractivity contribution in [1.29, 1.82) is 0 Å². The fraction of sp³-hybridized carbons (Fsp3) is 0.150. The molecule has 2 aromatic rings. The number of carbonyl (C=O) groups is 2. The van der Waals surface area contributed by atoms with Gasteiger partial charge in [0.25, 0.3) is 0 Å². The van der Waals surface area contributed by atoms with Crippen molar-refractivity contribution in [3.05, 3.63) is 66.7 Å². The number of hydrazone groups is 1. The van der Waals surface area contributed by atoms with Gasteiger partial charge >= 0.3 is 11.8 Å². The fourth-order valence-corrected chi connectivity index (χ4v) is 2.05. The van der Waals surface area contributed by atoms with Gasteiger partial charge in [0.2, 0.25) is 0 Å². The number of nitrogens with one attached hydrogen (secondary N) is 2. The molecule has 0 aliphatic heterocycles. The van der Waals surface area contributed by atoms with Gasteiger partial charge in [0.15, 0.2) is 0 Å². The lowest BCUT2D eigenvalue weighted by Crippen LogP contribution is -2.32. The summed E-state index contributed by atoms with van der Waals surface area (Å²) in [5.74, 6) is -0.360. The van der Waals surface area contributed by atoms with Gasteiger partial charge in [-0.15, -0.1) is 0 Å². The predicted molar refractivity (Wildman–Crippen MR) is 104 cm³/mol. The van der Waals surface area contributed by atoms with Crippen molar-refractivity contribution in [1.82, 2.24) is 5.43 Å². The Kier molecular flexibility index (Phi) is 7.59. The van der Waals surface area contributed by atoms with E-state index in [4.69, 9.17) is 9.47 Å². The van der Waals surface area contributed by atoms with Gasteiger partial charge in [0, 0.05) is 5.69 Å². The Bertz CT molecular complexity index is 816. The van der Waals surface area contributed by atoms with Crippen molar-refractivity contribution < 1.29 is 19.1 Å². The molecule has 7 heteroatoms. The summed E-state index contributed by atoms with van der Waals surface area (Å²) in [4.78, 5) is 23.7. The van der Waals surface area contributed by atoms with E-state index in [0.717, 1.165) is 0 Å². The summed E-state index contributed by atoms with van der Waals surface area (Å²) < 4.78 is 10.7. The molecule has 0 unspecified atom stereocenters. The number of rotatable bonds is 8. The number of ether oxygens (including phenoxy) is 2. The van der Waals surface area contributed by atoms with E-state index in [2.05, 4.69) is 22.4 Å². The first kappa shape index (κ1) is 19.7. The number of hydrogen-bond acceptors (Lipinski definition) is 5. The molecule has 0 aliphatic carbocycles. The van der Waals surface area contributed by atoms with Gasteiger partial charge in [0.1, 0.15) is 18.1 Å². The zero-order valence-electron chi connectivity index (χ0n) is 15.0. The van der Waals surface area contributed by atoms with Crippen LogP contribution in [0, 0.1) is 0 Å². The Morgan fingerprint density at radius 1 is 1.07 bits per heavy atom. The minimum Gasteiger partial charge on any atom is -0.494 e. The molecule has 2 rings (SSSR count). The fourth-order valence-electron chi connectivity index (χ4n) is 2.05. The highest BCUT2D eigenvalue weighted by Crippen LogP contribution is 2.15. The summed E-state index contributed by atoms with van der Waals surface area (Å²) in [5.41, 5.74) is 3.38. The minimum absolute atomic E-state index is 0.392. The topological polar surface area (TPSA) is 89.0 Å². The van der Waals surface area contributed by atoms with Crippen LogP contribution in [0.4, 0.5) is 5.69 Å². The number of anilines is 1. The normalized spacial score (nSPS) is 10.3. The first-order chi connectivity index (χ1) is 13.1. The Hall–Kier alpha value is -3.61. The molecule has 7 nitrogen and oxygen atoms in total. The molecule has 27 heavy (non-hydrogen) atoms. The molecule has 0 bridgehead atoms. The summed E-state index contributed by atoms with van der Waals surface area (Å²) in [7, 11) is 0. The van der Waals surface area contributed by atoms with Crippen molar-refractivity contribution >= 4 is 23.7 Å². The maximum atomic E-state index is 11.9. The van der Waals surface area contributed by atoms with Crippen molar-refractivity contribution in [2.45, 2.75) is 6.92 Å². The molecule has 0 heterocycles. The summed E-state index contributed by atoms with van der Waals surface area (Å²) in [5, 5.41) is 6.27. The highest BCUT2D eigenvalue weighted by atomic mass is 16.5. The van der Waals surface area contributed by atoms with Gasteiger partial charge < -0.3 is 14.8 Å². The molecule has 2 N–H and O–H groups in total. The van der Waals surface area contributed by atoms with Crippen LogP contribution in [-0.4, -0.2) is 31.2 Å². The predicted octanol–water partition coefficient (Wildman–Crippen LogP) is 2.74. The summed E-state index contributed by atoms with van der Waals surface area (Å²) in [6.45, 7) is 6.41. The van der Waals surface area contributed by atoms with Gasteiger partial charge in [-0.05, 0) is 48.9 Å². The molecule has 2 amide bonds. The SMILES string of the molecule is C=CCOc1cccc(/C=N/NC(=O)C(=O)Nc2ccc(OCC)cc2)c1. The van der Waals surface area contributed by atoms with Crippen molar-refractivity contribution in [2.75, 3.05) is 18.5 Å². The van der Waals surface area contributed by atoms with Crippen LogP contribution in [0.15, 0.2) is 66.3 Å². The van der Waals surface area contributed by atoms with Crippen LogP contribution in [0.3, 0.4) is 0 Å². The molecule has 0 fully saturated rings. The first-order valence-electron chi connectivity index (χ1n) is 8.33. The van der Waals surface area contributed by atoms with Gasteiger partial charge in [-0.3, -0.25) is 9.59 Å². The largest absolute Gasteiger partial charge is 0.494 e. The van der Waals surface area contributed by atoms with E-state index in [-0.39, 0.29) is 0 Å². The lowest BCUT2D eigenvalue weighted by molar-refractivity contribution is -0.136. The third-order valence-corrected chi connectivity index (χ3v) is 3.24.